The van der Waals surface area contributed by atoms with Gasteiger partial charge >= 0.3 is 12.1 Å². The lowest BCUT2D eigenvalue weighted by molar-refractivity contribution is -0.284. The van der Waals surface area contributed by atoms with Crippen LogP contribution in [0.5, 0.6) is 0 Å². The standard InChI is InChI=1S/C25H20F6N8O/c1-11-8-16(34-9-13(11)26)24(12-2-3-12)17-18(32)36-19(37-20(17)38-22(24)40)15-10-39-7-6-33-21(39)14(35-15)4-5-23(27,28)25(29,30)31/h6-10,12H,2-5H2,1H3,(H3,32,36,37,38,40). The highest BCUT2D eigenvalue weighted by Crippen LogP contribution is 2.57. The summed E-state index contributed by atoms with van der Waals surface area (Å²) in [4.78, 5) is 34.8. The van der Waals surface area contributed by atoms with Crippen LogP contribution in [0.25, 0.3) is 17.2 Å². The summed E-state index contributed by atoms with van der Waals surface area (Å²) >= 11 is 0. The Hall–Kier alpha value is -4.30. The van der Waals surface area contributed by atoms with E-state index < -0.39 is 42.1 Å². The lowest BCUT2D eigenvalue weighted by Gasteiger charge is -2.27. The summed E-state index contributed by atoms with van der Waals surface area (Å²) in [6, 6.07) is 1.49. The van der Waals surface area contributed by atoms with Crippen LogP contribution in [0.15, 0.2) is 30.9 Å². The number of fused-ring (bicyclic) bond motifs is 2. The average molecular weight is 562 g/mol. The SMILES string of the molecule is Cc1cc(C2(C3CC3)C(=O)Nc3nc(-c4cn5ccnc5c(CCC(F)(F)C(F)(F)F)n4)nc(N)c32)ncc1F. The van der Waals surface area contributed by atoms with Crippen LogP contribution in [0.2, 0.25) is 0 Å². The van der Waals surface area contributed by atoms with Gasteiger partial charge in [0, 0.05) is 25.0 Å². The molecule has 9 nitrogen and oxygen atoms in total. The van der Waals surface area contributed by atoms with Crippen LogP contribution in [0.4, 0.5) is 38.0 Å². The number of hydrogen-bond donors (Lipinski definition) is 2. The molecule has 1 aliphatic carbocycles. The number of carbonyl (C=O) groups excluding carboxylic acids is 1. The Morgan fingerprint density at radius 3 is 2.58 bits per heavy atom. The van der Waals surface area contributed by atoms with Crippen molar-refractivity contribution in [1.29, 1.82) is 0 Å². The van der Waals surface area contributed by atoms with Crippen LogP contribution in [0.1, 0.15) is 41.8 Å². The molecule has 1 fully saturated rings. The molecule has 3 N–H and O–H groups in total. The number of aryl methyl sites for hydroxylation is 2. The summed E-state index contributed by atoms with van der Waals surface area (Å²) < 4.78 is 80.9. The third kappa shape index (κ3) is 3.85. The molecule has 0 bridgehead atoms. The molecule has 15 heteroatoms. The first-order chi connectivity index (χ1) is 18.8. The van der Waals surface area contributed by atoms with E-state index in [4.69, 9.17) is 5.73 Å². The normalized spacial score (nSPS) is 19.2. The summed E-state index contributed by atoms with van der Waals surface area (Å²) in [5, 5.41) is 2.73. The summed E-state index contributed by atoms with van der Waals surface area (Å²) in [6.07, 6.45) is -1.33. The lowest BCUT2D eigenvalue weighted by atomic mass is 9.74. The molecular weight excluding hydrogens is 542 g/mol. The van der Waals surface area contributed by atoms with Crippen molar-refractivity contribution in [3.63, 3.8) is 0 Å². The molecule has 1 saturated carbocycles. The molecule has 40 heavy (non-hydrogen) atoms. The molecule has 1 aliphatic heterocycles. The Morgan fingerprint density at radius 2 is 1.90 bits per heavy atom. The van der Waals surface area contributed by atoms with Gasteiger partial charge in [-0.3, -0.25) is 9.78 Å². The second-order valence-corrected chi connectivity index (χ2v) is 9.94. The number of nitrogens with two attached hydrogens (primary N) is 1. The fraction of sp³-hybridized carbons (Fsp3) is 0.360. The van der Waals surface area contributed by atoms with Crippen molar-refractivity contribution < 1.29 is 31.1 Å². The fourth-order valence-electron chi connectivity index (χ4n) is 5.20. The number of pyridine rings is 1. The van der Waals surface area contributed by atoms with E-state index in [0.717, 1.165) is 6.20 Å². The van der Waals surface area contributed by atoms with Gasteiger partial charge < -0.3 is 15.5 Å². The van der Waals surface area contributed by atoms with Gasteiger partial charge in [-0.05, 0) is 43.7 Å². The Kier molecular flexibility index (Phi) is 5.58. The van der Waals surface area contributed by atoms with Crippen molar-refractivity contribution in [3.8, 4) is 11.5 Å². The second-order valence-electron chi connectivity index (χ2n) is 9.94. The van der Waals surface area contributed by atoms with E-state index in [1.54, 1.807) is 6.92 Å². The lowest BCUT2D eigenvalue weighted by Crippen LogP contribution is -2.39. The number of amides is 1. The number of carbonyl (C=O) groups is 1. The predicted octanol–water partition coefficient (Wildman–Crippen LogP) is 4.39. The molecule has 6 rings (SSSR count). The molecule has 2 aliphatic rings. The zero-order valence-electron chi connectivity index (χ0n) is 20.7. The van der Waals surface area contributed by atoms with Gasteiger partial charge in [0.2, 0.25) is 5.91 Å². The van der Waals surface area contributed by atoms with Crippen LogP contribution in [-0.2, 0) is 16.6 Å². The number of imidazole rings is 1. The first-order valence-corrected chi connectivity index (χ1v) is 12.2. The van der Waals surface area contributed by atoms with E-state index in [9.17, 15) is 31.1 Å². The van der Waals surface area contributed by atoms with Crippen molar-refractivity contribution in [3.05, 3.63) is 59.2 Å². The maximum absolute atomic E-state index is 14.0. The molecule has 0 radical (unpaired) electrons. The maximum atomic E-state index is 14.0. The van der Waals surface area contributed by atoms with Crippen LogP contribution >= 0.6 is 0 Å². The number of hydrogen-bond acceptors (Lipinski definition) is 7. The van der Waals surface area contributed by atoms with Gasteiger partial charge in [-0.1, -0.05) is 0 Å². The van der Waals surface area contributed by atoms with Crippen molar-refractivity contribution in [2.75, 3.05) is 11.1 Å². The van der Waals surface area contributed by atoms with Crippen LogP contribution < -0.4 is 11.1 Å². The molecule has 1 amide bonds. The smallest absolute Gasteiger partial charge is 0.383 e. The Labute approximate surface area is 221 Å². The minimum Gasteiger partial charge on any atom is -0.383 e. The van der Waals surface area contributed by atoms with Gasteiger partial charge in [0.1, 0.15) is 28.6 Å². The van der Waals surface area contributed by atoms with Crippen molar-refractivity contribution in [1.82, 2.24) is 29.3 Å². The zero-order chi connectivity index (χ0) is 28.6. The quantitative estimate of drug-likeness (QED) is 0.334. The molecule has 4 aromatic rings. The zero-order valence-corrected chi connectivity index (χ0v) is 20.7. The number of aromatic nitrogens is 6. The van der Waals surface area contributed by atoms with E-state index >= 15 is 0 Å². The highest BCUT2D eigenvalue weighted by atomic mass is 19.4. The predicted molar refractivity (Wildman–Crippen MR) is 129 cm³/mol. The minimum atomic E-state index is -5.71. The number of halogens is 6. The first kappa shape index (κ1) is 26.0. The molecule has 4 aromatic heterocycles. The highest BCUT2D eigenvalue weighted by Gasteiger charge is 2.60. The van der Waals surface area contributed by atoms with Crippen LogP contribution in [-0.4, -0.2) is 47.3 Å². The highest BCUT2D eigenvalue weighted by molar-refractivity contribution is 6.09. The van der Waals surface area contributed by atoms with Gasteiger partial charge in [-0.2, -0.15) is 22.0 Å². The van der Waals surface area contributed by atoms with Crippen molar-refractivity contribution in [2.24, 2.45) is 5.92 Å². The van der Waals surface area contributed by atoms with E-state index in [1.165, 1.54) is 29.1 Å². The summed E-state index contributed by atoms with van der Waals surface area (Å²) in [5.41, 5.74) is 5.92. The summed E-state index contributed by atoms with van der Waals surface area (Å²) in [5.74, 6) is -6.16. The Morgan fingerprint density at radius 1 is 1.15 bits per heavy atom. The van der Waals surface area contributed by atoms with Gasteiger partial charge in [0.15, 0.2) is 11.5 Å². The Bertz CT molecular complexity index is 1680. The molecule has 5 heterocycles. The number of nitrogens with zero attached hydrogens (tertiary/aromatic N) is 6. The fourth-order valence-corrected chi connectivity index (χ4v) is 5.20. The topological polar surface area (TPSA) is 124 Å². The van der Waals surface area contributed by atoms with E-state index in [2.05, 4.69) is 30.2 Å². The number of nitrogens with one attached hydrogen (secondary N) is 1. The first-order valence-electron chi connectivity index (χ1n) is 12.2. The third-order valence-electron chi connectivity index (χ3n) is 7.33. The average Bonchev–Trinajstić information content (AvgIpc) is 3.53. The van der Waals surface area contributed by atoms with E-state index in [0.29, 0.717) is 24.1 Å². The molecule has 0 spiro atoms. The number of alkyl halides is 5. The molecule has 208 valence electrons. The van der Waals surface area contributed by atoms with Crippen LogP contribution in [0.3, 0.4) is 0 Å². The molecule has 0 saturated heterocycles. The minimum absolute atomic E-state index is 0.0132. The summed E-state index contributed by atoms with van der Waals surface area (Å²) in [7, 11) is 0. The van der Waals surface area contributed by atoms with Crippen LogP contribution in [0, 0.1) is 18.7 Å². The molecule has 0 aromatic carbocycles. The van der Waals surface area contributed by atoms with Crippen molar-refractivity contribution in [2.45, 2.75) is 50.1 Å². The monoisotopic (exact) mass is 562 g/mol. The largest absolute Gasteiger partial charge is 0.453 e. The maximum Gasteiger partial charge on any atom is 0.453 e. The number of anilines is 2. The second kappa shape index (κ2) is 8.60. The number of nitrogen functional groups attached to an aromatic ring is 1. The summed E-state index contributed by atoms with van der Waals surface area (Å²) in [6.45, 7) is 1.55. The molecule has 1 unspecified atom stereocenters. The number of rotatable bonds is 6. The van der Waals surface area contributed by atoms with Gasteiger partial charge in [0.05, 0.1) is 23.1 Å². The van der Waals surface area contributed by atoms with Crippen molar-refractivity contribution >= 4 is 23.2 Å². The molecular formula is C25H20F6N8O. The van der Waals surface area contributed by atoms with Gasteiger partial charge in [-0.25, -0.2) is 24.3 Å². The van der Waals surface area contributed by atoms with Gasteiger partial charge in [-0.15, -0.1) is 0 Å². The van der Waals surface area contributed by atoms with Gasteiger partial charge in [0.25, 0.3) is 0 Å². The molecule has 1 atom stereocenters. The van der Waals surface area contributed by atoms with E-state index in [-0.39, 0.29) is 46.0 Å². The Balaban J connectivity index is 1.44. The van der Waals surface area contributed by atoms with E-state index in [1.807, 2.05) is 0 Å². The third-order valence-corrected chi connectivity index (χ3v) is 7.33.